The number of anilines is 1. The third-order valence-electron chi connectivity index (χ3n) is 2.90. The number of hydrogen-bond donors (Lipinski definition) is 1. The van der Waals surface area contributed by atoms with Crippen molar-refractivity contribution in [3.05, 3.63) is 18.3 Å². The Morgan fingerprint density at radius 2 is 2.25 bits per heavy atom. The number of hydrogen-bond acceptors (Lipinski definition) is 5. The van der Waals surface area contributed by atoms with Crippen LogP contribution in [0.1, 0.15) is 12.8 Å². The van der Waals surface area contributed by atoms with Crippen LogP contribution in [0, 0.1) is 0 Å². The summed E-state index contributed by atoms with van der Waals surface area (Å²) in [7, 11) is 1.91. The Morgan fingerprint density at radius 3 is 2.88 bits per heavy atom. The zero-order valence-corrected chi connectivity index (χ0v) is 9.46. The van der Waals surface area contributed by atoms with Gasteiger partial charge in [0.05, 0.1) is 5.60 Å². The second kappa shape index (κ2) is 4.76. The van der Waals surface area contributed by atoms with E-state index in [1.54, 1.807) is 6.20 Å². The Bertz CT molecular complexity index is 325. The van der Waals surface area contributed by atoms with Crippen LogP contribution in [-0.4, -0.2) is 47.7 Å². The SMILES string of the molecule is CN(CC1(O)CCOCC1)c1cccnn1. The molecule has 0 radical (unpaired) electrons. The molecule has 5 heteroatoms. The predicted octanol–water partition coefficient (Wildman–Crippen LogP) is 0.454. The predicted molar refractivity (Wildman–Crippen MR) is 60.3 cm³/mol. The van der Waals surface area contributed by atoms with Crippen LogP contribution < -0.4 is 4.90 Å². The van der Waals surface area contributed by atoms with Crippen molar-refractivity contribution in [2.24, 2.45) is 0 Å². The number of ether oxygens (including phenoxy) is 1. The first kappa shape index (κ1) is 11.3. The van der Waals surface area contributed by atoms with Gasteiger partial charge in [0.25, 0.3) is 0 Å². The Labute approximate surface area is 95.1 Å². The molecule has 1 aromatic rings. The van der Waals surface area contributed by atoms with Crippen molar-refractivity contribution in [1.82, 2.24) is 10.2 Å². The molecular weight excluding hydrogens is 206 g/mol. The van der Waals surface area contributed by atoms with Gasteiger partial charge < -0.3 is 14.7 Å². The van der Waals surface area contributed by atoms with Crippen LogP contribution in [-0.2, 0) is 4.74 Å². The molecule has 2 rings (SSSR count). The van der Waals surface area contributed by atoms with Gasteiger partial charge in [-0.3, -0.25) is 0 Å². The van der Waals surface area contributed by atoms with Crippen molar-refractivity contribution in [2.75, 3.05) is 31.7 Å². The standard InChI is InChI=1S/C11H17N3O2/c1-14(10-3-2-6-12-13-10)9-11(15)4-7-16-8-5-11/h2-3,6,15H,4-5,7-9H2,1H3. The van der Waals surface area contributed by atoms with E-state index in [-0.39, 0.29) is 0 Å². The molecule has 5 nitrogen and oxygen atoms in total. The Hall–Kier alpha value is -1.20. The van der Waals surface area contributed by atoms with Gasteiger partial charge in [-0.2, -0.15) is 5.10 Å². The molecule has 0 atom stereocenters. The average molecular weight is 223 g/mol. The van der Waals surface area contributed by atoms with Crippen molar-refractivity contribution < 1.29 is 9.84 Å². The Kier molecular flexibility index (Phi) is 3.36. The highest BCUT2D eigenvalue weighted by Gasteiger charge is 2.31. The van der Waals surface area contributed by atoms with Gasteiger partial charge in [-0.25, -0.2) is 0 Å². The third-order valence-corrected chi connectivity index (χ3v) is 2.90. The van der Waals surface area contributed by atoms with Gasteiger partial charge in [0.2, 0.25) is 0 Å². The summed E-state index contributed by atoms with van der Waals surface area (Å²) in [5.74, 6) is 0.780. The minimum absolute atomic E-state index is 0.565. The van der Waals surface area contributed by atoms with Crippen LogP contribution in [0.4, 0.5) is 5.82 Å². The molecule has 1 saturated heterocycles. The fraction of sp³-hybridized carbons (Fsp3) is 0.636. The number of likely N-dealkylation sites (N-methyl/N-ethyl adjacent to an activating group) is 1. The highest BCUT2D eigenvalue weighted by atomic mass is 16.5. The molecule has 0 aliphatic carbocycles. The zero-order valence-electron chi connectivity index (χ0n) is 9.46. The van der Waals surface area contributed by atoms with E-state index in [1.165, 1.54) is 0 Å². The number of aliphatic hydroxyl groups is 1. The van der Waals surface area contributed by atoms with Gasteiger partial charge in [-0.1, -0.05) is 0 Å². The van der Waals surface area contributed by atoms with Gasteiger partial charge in [0, 0.05) is 45.8 Å². The quantitative estimate of drug-likeness (QED) is 0.806. The first-order valence-corrected chi connectivity index (χ1v) is 5.49. The maximum absolute atomic E-state index is 10.3. The summed E-state index contributed by atoms with van der Waals surface area (Å²) in [6.45, 7) is 1.82. The van der Waals surface area contributed by atoms with E-state index < -0.39 is 5.60 Å². The van der Waals surface area contributed by atoms with Crippen LogP contribution in [0.5, 0.6) is 0 Å². The second-order valence-electron chi connectivity index (χ2n) is 4.27. The van der Waals surface area contributed by atoms with E-state index in [0.717, 1.165) is 5.82 Å². The first-order chi connectivity index (χ1) is 7.70. The van der Waals surface area contributed by atoms with E-state index in [0.29, 0.717) is 32.6 Å². The Morgan fingerprint density at radius 1 is 1.50 bits per heavy atom. The highest BCUT2D eigenvalue weighted by Crippen LogP contribution is 2.22. The average Bonchev–Trinajstić information content (AvgIpc) is 2.30. The van der Waals surface area contributed by atoms with Crippen molar-refractivity contribution in [3.8, 4) is 0 Å². The van der Waals surface area contributed by atoms with Crippen LogP contribution in [0.25, 0.3) is 0 Å². The van der Waals surface area contributed by atoms with Crippen LogP contribution in [0.2, 0.25) is 0 Å². The van der Waals surface area contributed by atoms with E-state index in [4.69, 9.17) is 4.74 Å². The van der Waals surface area contributed by atoms with Gasteiger partial charge in [0.15, 0.2) is 5.82 Å². The molecule has 1 aliphatic heterocycles. The number of rotatable bonds is 3. The minimum atomic E-state index is -0.662. The van der Waals surface area contributed by atoms with Gasteiger partial charge in [-0.15, -0.1) is 5.10 Å². The molecule has 0 unspecified atom stereocenters. The van der Waals surface area contributed by atoms with E-state index in [1.807, 2.05) is 24.1 Å². The van der Waals surface area contributed by atoms with E-state index >= 15 is 0 Å². The van der Waals surface area contributed by atoms with Crippen LogP contribution >= 0.6 is 0 Å². The number of nitrogens with zero attached hydrogens (tertiary/aromatic N) is 3. The minimum Gasteiger partial charge on any atom is -0.388 e. The highest BCUT2D eigenvalue weighted by molar-refractivity contribution is 5.35. The molecule has 1 fully saturated rings. The first-order valence-electron chi connectivity index (χ1n) is 5.49. The summed E-state index contributed by atoms with van der Waals surface area (Å²) < 4.78 is 5.25. The van der Waals surface area contributed by atoms with Crippen LogP contribution in [0.3, 0.4) is 0 Å². The molecule has 0 saturated carbocycles. The summed E-state index contributed by atoms with van der Waals surface area (Å²) in [4.78, 5) is 1.93. The fourth-order valence-electron chi connectivity index (χ4n) is 1.93. The summed E-state index contributed by atoms with van der Waals surface area (Å²) in [5, 5.41) is 18.2. The molecule has 1 aliphatic rings. The molecule has 2 heterocycles. The smallest absolute Gasteiger partial charge is 0.151 e. The summed E-state index contributed by atoms with van der Waals surface area (Å²) >= 11 is 0. The topological polar surface area (TPSA) is 58.5 Å². The molecule has 0 spiro atoms. The van der Waals surface area contributed by atoms with Crippen molar-refractivity contribution >= 4 is 5.82 Å². The lowest BCUT2D eigenvalue weighted by atomic mass is 9.94. The summed E-state index contributed by atoms with van der Waals surface area (Å²) in [6.07, 6.45) is 3.00. The third kappa shape index (κ3) is 2.68. The normalized spacial score (nSPS) is 19.4. The zero-order chi connectivity index (χ0) is 11.4. The van der Waals surface area contributed by atoms with E-state index in [2.05, 4.69) is 10.2 Å². The lowest BCUT2D eigenvalue weighted by Crippen LogP contribution is -2.46. The molecule has 0 aromatic carbocycles. The summed E-state index contributed by atoms with van der Waals surface area (Å²) in [5.41, 5.74) is -0.662. The molecular formula is C11H17N3O2. The monoisotopic (exact) mass is 223 g/mol. The second-order valence-corrected chi connectivity index (χ2v) is 4.27. The van der Waals surface area contributed by atoms with E-state index in [9.17, 15) is 5.11 Å². The molecule has 88 valence electrons. The van der Waals surface area contributed by atoms with Gasteiger partial charge in [-0.05, 0) is 12.1 Å². The van der Waals surface area contributed by atoms with Gasteiger partial charge >= 0.3 is 0 Å². The lowest BCUT2D eigenvalue weighted by molar-refractivity contribution is -0.0573. The van der Waals surface area contributed by atoms with Gasteiger partial charge in [0.1, 0.15) is 0 Å². The molecule has 1 aromatic heterocycles. The largest absolute Gasteiger partial charge is 0.388 e. The van der Waals surface area contributed by atoms with Crippen molar-refractivity contribution in [1.29, 1.82) is 0 Å². The lowest BCUT2D eigenvalue weighted by Gasteiger charge is -2.35. The summed E-state index contributed by atoms with van der Waals surface area (Å²) in [6, 6.07) is 3.72. The maximum atomic E-state index is 10.3. The van der Waals surface area contributed by atoms with Crippen molar-refractivity contribution in [3.63, 3.8) is 0 Å². The molecule has 0 bridgehead atoms. The molecule has 0 amide bonds. The van der Waals surface area contributed by atoms with Crippen molar-refractivity contribution in [2.45, 2.75) is 18.4 Å². The Balaban J connectivity index is 1.98. The fourth-order valence-corrected chi connectivity index (χ4v) is 1.93. The molecule has 1 N–H and O–H groups in total. The molecule has 16 heavy (non-hydrogen) atoms. The number of aromatic nitrogens is 2. The maximum Gasteiger partial charge on any atom is 0.151 e. The van der Waals surface area contributed by atoms with Crippen LogP contribution in [0.15, 0.2) is 18.3 Å².